The van der Waals surface area contributed by atoms with Crippen LogP contribution < -0.4 is 33.2 Å². The number of carbonyl (C=O) groups excluding carboxylic acids is 3. The lowest BCUT2D eigenvalue weighted by atomic mass is 10.0. The number of unbranched alkanes of at least 4 members (excludes halogenated alkanes) is 2. The predicted molar refractivity (Wildman–Crippen MR) is 141 cm³/mol. The molecular weight excluding hydrogens is 484 g/mol. The summed E-state index contributed by atoms with van der Waals surface area (Å²) >= 11 is 4.01. The maximum Gasteiger partial charge on any atom is 0.326 e. The van der Waals surface area contributed by atoms with E-state index in [-0.39, 0.29) is 18.6 Å². The van der Waals surface area contributed by atoms with Crippen molar-refractivity contribution >= 4 is 36.3 Å². The van der Waals surface area contributed by atoms with Gasteiger partial charge in [-0.15, -0.1) is 0 Å². The van der Waals surface area contributed by atoms with Crippen molar-refractivity contribution in [3.8, 4) is 0 Å². The van der Waals surface area contributed by atoms with E-state index in [1.165, 1.54) is 0 Å². The third kappa shape index (κ3) is 11.8. The summed E-state index contributed by atoms with van der Waals surface area (Å²) < 4.78 is 0. The van der Waals surface area contributed by atoms with E-state index in [0.717, 1.165) is 5.56 Å². The van der Waals surface area contributed by atoms with Crippen LogP contribution in [-0.2, 0) is 25.6 Å². The first-order valence-electron chi connectivity index (χ1n) is 12.2. The molecule has 0 fully saturated rings. The molecule has 0 aromatic heterocycles. The Morgan fingerprint density at radius 2 is 1.25 bits per heavy atom. The van der Waals surface area contributed by atoms with Crippen LogP contribution in [0.4, 0.5) is 0 Å². The molecule has 0 radical (unpaired) electrons. The van der Waals surface area contributed by atoms with Gasteiger partial charge in [0.1, 0.15) is 18.1 Å². The highest BCUT2D eigenvalue weighted by Crippen LogP contribution is 2.08. The fraction of sp³-hybridized carbons (Fsp3) is 0.583. The lowest BCUT2D eigenvalue weighted by molar-refractivity contribution is -0.142. The van der Waals surface area contributed by atoms with Crippen LogP contribution in [0.25, 0.3) is 0 Å². The molecule has 1 aromatic rings. The molecule has 0 aliphatic heterocycles. The summed E-state index contributed by atoms with van der Waals surface area (Å²) in [5.74, 6) is -2.80. The minimum Gasteiger partial charge on any atom is -0.480 e. The molecule has 202 valence electrons. The summed E-state index contributed by atoms with van der Waals surface area (Å²) in [5, 5.41) is 17.5. The Hall–Kier alpha value is -2.67. The molecule has 36 heavy (non-hydrogen) atoms. The highest BCUT2D eigenvalue weighted by atomic mass is 32.1. The van der Waals surface area contributed by atoms with Crippen LogP contribution >= 0.6 is 12.6 Å². The number of carboxylic acid groups (broad SMARTS) is 1. The van der Waals surface area contributed by atoms with Crippen LogP contribution in [0, 0.1) is 0 Å². The Labute approximate surface area is 217 Å². The molecule has 0 saturated heterocycles. The lowest BCUT2D eigenvalue weighted by Crippen LogP contribution is -2.57. The zero-order valence-electron chi connectivity index (χ0n) is 20.5. The Morgan fingerprint density at radius 1 is 0.778 bits per heavy atom. The number of thiol groups is 1. The molecular formula is C24H40N6O5S. The van der Waals surface area contributed by atoms with Gasteiger partial charge in [0.2, 0.25) is 17.7 Å². The molecule has 0 heterocycles. The van der Waals surface area contributed by atoms with Gasteiger partial charge in [-0.25, -0.2) is 4.79 Å². The number of benzene rings is 1. The van der Waals surface area contributed by atoms with Gasteiger partial charge < -0.3 is 38.3 Å². The normalized spacial score (nSPS) is 14.2. The SMILES string of the molecule is NCCCCC(NC(=O)C(N)CS)C(=O)NC(CCCCN)C(=O)NC(Cc1ccccc1)C(=O)O. The van der Waals surface area contributed by atoms with Crippen LogP contribution in [0.3, 0.4) is 0 Å². The van der Waals surface area contributed by atoms with Gasteiger partial charge in [0.05, 0.1) is 6.04 Å². The summed E-state index contributed by atoms with van der Waals surface area (Å²) in [7, 11) is 0. The first-order chi connectivity index (χ1) is 17.2. The molecule has 4 atom stereocenters. The summed E-state index contributed by atoms with van der Waals surface area (Å²) in [6, 6.07) is 4.91. The monoisotopic (exact) mass is 524 g/mol. The van der Waals surface area contributed by atoms with Crippen LogP contribution in [-0.4, -0.2) is 71.8 Å². The summed E-state index contributed by atoms with van der Waals surface area (Å²) in [6.45, 7) is 0.841. The number of nitrogens with two attached hydrogens (primary N) is 3. The Bertz CT molecular complexity index is 828. The van der Waals surface area contributed by atoms with Crippen molar-refractivity contribution in [1.82, 2.24) is 16.0 Å². The summed E-state index contributed by atoms with van der Waals surface area (Å²) in [5.41, 5.74) is 17.6. The number of nitrogens with one attached hydrogen (secondary N) is 3. The lowest BCUT2D eigenvalue weighted by Gasteiger charge is -2.25. The fourth-order valence-electron chi connectivity index (χ4n) is 3.48. The topological polar surface area (TPSA) is 203 Å². The second-order valence-corrected chi connectivity index (χ2v) is 8.93. The van der Waals surface area contributed by atoms with Crippen LogP contribution in [0.1, 0.15) is 44.1 Å². The average molecular weight is 525 g/mol. The second kappa shape index (κ2) is 17.7. The van der Waals surface area contributed by atoms with Gasteiger partial charge in [0, 0.05) is 12.2 Å². The van der Waals surface area contributed by atoms with Gasteiger partial charge in [-0.3, -0.25) is 14.4 Å². The Kier molecular flexibility index (Phi) is 15.4. The van der Waals surface area contributed by atoms with Gasteiger partial charge in [0.15, 0.2) is 0 Å². The van der Waals surface area contributed by atoms with E-state index in [2.05, 4.69) is 28.6 Å². The second-order valence-electron chi connectivity index (χ2n) is 8.57. The zero-order chi connectivity index (χ0) is 26.9. The molecule has 4 unspecified atom stereocenters. The van der Waals surface area contributed by atoms with Gasteiger partial charge in [-0.1, -0.05) is 30.3 Å². The number of rotatable bonds is 18. The van der Waals surface area contributed by atoms with Gasteiger partial charge in [-0.2, -0.15) is 12.6 Å². The summed E-state index contributed by atoms with van der Waals surface area (Å²) in [6.07, 6.45) is 3.04. The molecule has 0 aliphatic carbocycles. The van der Waals surface area contributed by atoms with Crippen LogP contribution in [0.15, 0.2) is 30.3 Å². The Balaban J connectivity index is 2.98. The van der Waals surface area contributed by atoms with E-state index >= 15 is 0 Å². The molecule has 3 amide bonds. The predicted octanol–water partition coefficient (Wildman–Crippen LogP) is -0.717. The van der Waals surface area contributed by atoms with Gasteiger partial charge in [-0.05, 0) is 57.2 Å². The van der Waals surface area contributed by atoms with Gasteiger partial charge >= 0.3 is 5.97 Å². The third-order valence-corrected chi connectivity index (χ3v) is 5.98. The summed E-state index contributed by atoms with van der Waals surface area (Å²) in [4.78, 5) is 50.3. The number of aliphatic carboxylic acids is 1. The first kappa shape index (κ1) is 31.4. The quantitative estimate of drug-likeness (QED) is 0.0907. The Morgan fingerprint density at radius 3 is 1.69 bits per heavy atom. The van der Waals surface area contributed by atoms with E-state index in [1.807, 2.05) is 6.07 Å². The van der Waals surface area contributed by atoms with Crippen molar-refractivity contribution in [1.29, 1.82) is 0 Å². The molecule has 0 spiro atoms. The van der Waals surface area contributed by atoms with E-state index in [4.69, 9.17) is 17.2 Å². The molecule has 1 rings (SSSR count). The standard InChI is InChI=1S/C24H40N6O5S/c25-12-6-4-10-18(28-21(31)17(27)15-36)22(32)29-19(11-5-7-13-26)23(33)30-20(24(34)35)14-16-8-2-1-3-9-16/h1-3,8-9,17-20,36H,4-7,10-15,25-27H2,(H,28,31)(H,29,32)(H,30,33)(H,34,35). The molecule has 11 nitrogen and oxygen atoms in total. The van der Waals surface area contributed by atoms with Crippen LogP contribution in [0.5, 0.6) is 0 Å². The smallest absolute Gasteiger partial charge is 0.326 e. The maximum absolute atomic E-state index is 13.1. The largest absolute Gasteiger partial charge is 0.480 e. The molecule has 12 heteroatoms. The molecule has 0 saturated carbocycles. The van der Waals surface area contributed by atoms with E-state index < -0.39 is 47.9 Å². The minimum atomic E-state index is -1.19. The van der Waals surface area contributed by atoms with Crippen molar-refractivity contribution in [2.75, 3.05) is 18.8 Å². The molecule has 1 aromatic carbocycles. The number of amides is 3. The minimum absolute atomic E-state index is 0.0881. The van der Waals surface area contributed by atoms with Crippen molar-refractivity contribution in [3.05, 3.63) is 35.9 Å². The maximum atomic E-state index is 13.1. The van der Waals surface area contributed by atoms with Crippen molar-refractivity contribution in [3.63, 3.8) is 0 Å². The van der Waals surface area contributed by atoms with Crippen molar-refractivity contribution in [2.24, 2.45) is 17.2 Å². The van der Waals surface area contributed by atoms with E-state index in [9.17, 15) is 24.3 Å². The zero-order valence-corrected chi connectivity index (χ0v) is 21.4. The third-order valence-electron chi connectivity index (χ3n) is 5.59. The van der Waals surface area contributed by atoms with Crippen LogP contribution in [0.2, 0.25) is 0 Å². The molecule has 0 aliphatic rings. The average Bonchev–Trinajstić information content (AvgIpc) is 2.87. The van der Waals surface area contributed by atoms with E-state index in [1.54, 1.807) is 24.3 Å². The van der Waals surface area contributed by atoms with E-state index in [0.29, 0.717) is 45.2 Å². The number of carboxylic acids is 1. The number of hydrogen-bond acceptors (Lipinski definition) is 8. The van der Waals surface area contributed by atoms with Crippen molar-refractivity contribution in [2.45, 2.75) is 69.1 Å². The highest BCUT2D eigenvalue weighted by molar-refractivity contribution is 7.80. The van der Waals surface area contributed by atoms with Crippen molar-refractivity contribution < 1.29 is 24.3 Å². The first-order valence-corrected chi connectivity index (χ1v) is 12.8. The fourth-order valence-corrected chi connectivity index (χ4v) is 3.65. The number of carbonyl (C=O) groups is 4. The van der Waals surface area contributed by atoms with Gasteiger partial charge in [0.25, 0.3) is 0 Å². The molecule has 10 N–H and O–H groups in total. The number of hydrogen-bond donors (Lipinski definition) is 8. The highest BCUT2D eigenvalue weighted by Gasteiger charge is 2.30. The molecule has 0 bridgehead atoms.